The number of hydrogen-bond donors (Lipinski definition) is 1. The molecule has 0 aliphatic carbocycles. The third-order valence-electron chi connectivity index (χ3n) is 3.32. The molecule has 0 radical (unpaired) electrons. The number of aryl methyl sites for hydroxylation is 1. The average molecular weight is 344 g/mol. The Balaban J connectivity index is 2.34. The Labute approximate surface area is 148 Å². The van der Waals surface area contributed by atoms with E-state index in [0.717, 1.165) is 5.56 Å². The van der Waals surface area contributed by atoms with Crippen LogP contribution in [0.1, 0.15) is 36.7 Å². The highest BCUT2D eigenvalue weighted by Gasteiger charge is 2.18. The molecule has 1 aromatic carbocycles. The van der Waals surface area contributed by atoms with Crippen molar-refractivity contribution in [1.82, 2.24) is 4.98 Å². The number of aromatic nitrogens is 1. The average Bonchev–Trinajstić information content (AvgIpc) is 2.60. The van der Waals surface area contributed by atoms with Crippen LogP contribution in [0.3, 0.4) is 0 Å². The third-order valence-corrected chi connectivity index (χ3v) is 3.32. The zero-order chi connectivity index (χ0) is 18.2. The second kappa shape index (κ2) is 8.92. The van der Waals surface area contributed by atoms with E-state index in [0.29, 0.717) is 48.5 Å². The lowest BCUT2D eigenvalue weighted by Gasteiger charge is -2.17. The fourth-order valence-corrected chi connectivity index (χ4v) is 2.25. The van der Waals surface area contributed by atoms with Gasteiger partial charge in [-0.25, -0.2) is 4.98 Å². The van der Waals surface area contributed by atoms with Crippen molar-refractivity contribution >= 4 is 11.7 Å². The minimum absolute atomic E-state index is 0.290. The highest BCUT2D eigenvalue weighted by molar-refractivity contribution is 6.04. The molecule has 0 bridgehead atoms. The van der Waals surface area contributed by atoms with Crippen molar-refractivity contribution < 1.29 is 19.0 Å². The van der Waals surface area contributed by atoms with Crippen molar-refractivity contribution in [3.63, 3.8) is 0 Å². The lowest BCUT2D eigenvalue weighted by Crippen LogP contribution is -2.14. The van der Waals surface area contributed by atoms with Crippen molar-refractivity contribution in [3.05, 3.63) is 41.6 Å². The fourth-order valence-electron chi connectivity index (χ4n) is 2.25. The summed E-state index contributed by atoms with van der Waals surface area (Å²) in [5.74, 6) is 1.67. The molecule has 0 unspecified atom stereocenters. The SMILES string of the molecule is CCOc1cc(C(=O)Nc2ccc(C)cn2)cc(OCC)c1OCC. The number of rotatable bonds is 8. The summed E-state index contributed by atoms with van der Waals surface area (Å²) in [5, 5.41) is 2.77. The number of carbonyl (C=O) groups excluding carboxylic acids is 1. The molecule has 2 aromatic rings. The molecule has 0 atom stereocenters. The number of carbonyl (C=O) groups is 1. The molecular formula is C19H24N2O4. The smallest absolute Gasteiger partial charge is 0.257 e. The van der Waals surface area contributed by atoms with E-state index in [-0.39, 0.29) is 5.91 Å². The van der Waals surface area contributed by atoms with E-state index in [9.17, 15) is 4.79 Å². The Morgan fingerprint density at radius 3 is 2.08 bits per heavy atom. The molecule has 1 heterocycles. The topological polar surface area (TPSA) is 69.7 Å². The van der Waals surface area contributed by atoms with Crippen LogP contribution in [0.25, 0.3) is 0 Å². The summed E-state index contributed by atoms with van der Waals surface area (Å²) in [5.41, 5.74) is 1.44. The van der Waals surface area contributed by atoms with Crippen molar-refractivity contribution in [2.24, 2.45) is 0 Å². The summed E-state index contributed by atoms with van der Waals surface area (Å²) in [6, 6.07) is 6.95. The summed E-state index contributed by atoms with van der Waals surface area (Å²) < 4.78 is 16.9. The molecule has 1 N–H and O–H groups in total. The van der Waals surface area contributed by atoms with E-state index < -0.39 is 0 Å². The maximum atomic E-state index is 12.6. The van der Waals surface area contributed by atoms with Gasteiger partial charge in [0.15, 0.2) is 11.5 Å². The molecular weight excluding hydrogens is 320 g/mol. The van der Waals surface area contributed by atoms with Gasteiger partial charge in [0, 0.05) is 11.8 Å². The van der Waals surface area contributed by atoms with Gasteiger partial charge in [0.25, 0.3) is 5.91 Å². The number of nitrogens with one attached hydrogen (secondary N) is 1. The van der Waals surface area contributed by atoms with Crippen LogP contribution >= 0.6 is 0 Å². The van der Waals surface area contributed by atoms with E-state index >= 15 is 0 Å². The minimum Gasteiger partial charge on any atom is -0.490 e. The van der Waals surface area contributed by atoms with Gasteiger partial charge in [-0.3, -0.25) is 4.79 Å². The first kappa shape index (κ1) is 18.6. The van der Waals surface area contributed by atoms with Crippen LogP contribution < -0.4 is 19.5 Å². The largest absolute Gasteiger partial charge is 0.490 e. The van der Waals surface area contributed by atoms with Crippen LogP contribution in [0.5, 0.6) is 17.2 Å². The van der Waals surface area contributed by atoms with E-state index in [1.807, 2.05) is 33.8 Å². The highest BCUT2D eigenvalue weighted by Crippen LogP contribution is 2.39. The lowest BCUT2D eigenvalue weighted by atomic mass is 10.1. The van der Waals surface area contributed by atoms with Crippen LogP contribution in [0.2, 0.25) is 0 Å². The zero-order valence-electron chi connectivity index (χ0n) is 15.1. The molecule has 1 amide bonds. The quantitative estimate of drug-likeness (QED) is 0.788. The fraction of sp³-hybridized carbons (Fsp3) is 0.368. The normalized spacial score (nSPS) is 10.2. The van der Waals surface area contributed by atoms with Gasteiger partial charge in [-0.15, -0.1) is 0 Å². The standard InChI is InChI=1S/C19H24N2O4/c1-5-23-15-10-14(11-16(24-6-2)18(15)25-7-3)19(22)21-17-9-8-13(4)12-20-17/h8-12H,5-7H2,1-4H3,(H,20,21,22). The van der Waals surface area contributed by atoms with E-state index in [1.54, 1.807) is 24.4 Å². The van der Waals surface area contributed by atoms with Crippen LogP contribution in [0.15, 0.2) is 30.5 Å². The van der Waals surface area contributed by atoms with Gasteiger partial charge in [0.05, 0.1) is 19.8 Å². The van der Waals surface area contributed by atoms with E-state index in [2.05, 4.69) is 10.3 Å². The molecule has 0 aliphatic rings. The van der Waals surface area contributed by atoms with Gasteiger partial charge in [0.2, 0.25) is 5.75 Å². The van der Waals surface area contributed by atoms with Gasteiger partial charge in [0.1, 0.15) is 5.82 Å². The van der Waals surface area contributed by atoms with E-state index in [1.165, 1.54) is 0 Å². The van der Waals surface area contributed by atoms with Gasteiger partial charge >= 0.3 is 0 Å². The number of nitrogens with zero attached hydrogens (tertiary/aromatic N) is 1. The first-order chi connectivity index (χ1) is 12.1. The third kappa shape index (κ3) is 4.86. The number of anilines is 1. The van der Waals surface area contributed by atoms with Crippen LogP contribution in [-0.4, -0.2) is 30.7 Å². The molecule has 6 nitrogen and oxygen atoms in total. The maximum Gasteiger partial charge on any atom is 0.257 e. The van der Waals surface area contributed by atoms with Gasteiger partial charge in [-0.2, -0.15) is 0 Å². The first-order valence-corrected chi connectivity index (χ1v) is 8.39. The predicted octanol–water partition coefficient (Wildman–Crippen LogP) is 3.84. The molecule has 0 fully saturated rings. The maximum absolute atomic E-state index is 12.6. The number of benzene rings is 1. The Hall–Kier alpha value is -2.76. The molecule has 1 aromatic heterocycles. The van der Waals surface area contributed by atoms with Gasteiger partial charge in [-0.05, 0) is 51.5 Å². The Kier molecular flexibility index (Phi) is 6.62. The summed E-state index contributed by atoms with van der Waals surface area (Å²) >= 11 is 0. The number of amides is 1. The minimum atomic E-state index is -0.290. The molecule has 0 spiro atoms. The molecule has 2 rings (SSSR count). The van der Waals surface area contributed by atoms with Crippen LogP contribution in [0, 0.1) is 6.92 Å². The summed E-state index contributed by atoms with van der Waals surface area (Å²) in [6.45, 7) is 8.95. The number of pyridine rings is 1. The van der Waals surface area contributed by atoms with Gasteiger partial charge in [-0.1, -0.05) is 6.07 Å². The Morgan fingerprint density at radius 1 is 1.00 bits per heavy atom. The van der Waals surface area contributed by atoms with Crippen LogP contribution in [-0.2, 0) is 0 Å². The van der Waals surface area contributed by atoms with Crippen molar-refractivity contribution in [1.29, 1.82) is 0 Å². The number of hydrogen-bond acceptors (Lipinski definition) is 5. The number of ether oxygens (including phenoxy) is 3. The molecule has 25 heavy (non-hydrogen) atoms. The van der Waals surface area contributed by atoms with Gasteiger partial charge < -0.3 is 19.5 Å². The molecule has 6 heteroatoms. The zero-order valence-corrected chi connectivity index (χ0v) is 15.1. The Bertz CT molecular complexity index is 687. The molecule has 0 saturated heterocycles. The first-order valence-electron chi connectivity index (χ1n) is 8.39. The second-order valence-electron chi connectivity index (χ2n) is 5.28. The summed E-state index contributed by atoms with van der Waals surface area (Å²) in [6.07, 6.45) is 1.70. The summed E-state index contributed by atoms with van der Waals surface area (Å²) in [7, 11) is 0. The van der Waals surface area contributed by atoms with Crippen molar-refractivity contribution in [3.8, 4) is 17.2 Å². The predicted molar refractivity (Wildman–Crippen MR) is 96.9 cm³/mol. The lowest BCUT2D eigenvalue weighted by molar-refractivity contribution is 0.102. The second-order valence-corrected chi connectivity index (χ2v) is 5.28. The molecule has 134 valence electrons. The van der Waals surface area contributed by atoms with Crippen molar-refractivity contribution in [2.75, 3.05) is 25.1 Å². The molecule has 0 aliphatic heterocycles. The summed E-state index contributed by atoms with van der Waals surface area (Å²) in [4.78, 5) is 16.8. The van der Waals surface area contributed by atoms with Crippen LogP contribution in [0.4, 0.5) is 5.82 Å². The molecule has 0 saturated carbocycles. The van der Waals surface area contributed by atoms with Crippen molar-refractivity contribution in [2.45, 2.75) is 27.7 Å². The highest BCUT2D eigenvalue weighted by atomic mass is 16.5. The van der Waals surface area contributed by atoms with E-state index in [4.69, 9.17) is 14.2 Å². The monoisotopic (exact) mass is 344 g/mol. The Morgan fingerprint density at radius 2 is 1.60 bits per heavy atom.